The molecule has 0 aromatic rings. The molecule has 7 heavy (non-hydrogen) atoms. The first-order valence-electron chi connectivity index (χ1n) is 1.97. The lowest BCUT2D eigenvalue weighted by molar-refractivity contribution is -0.889. The maximum Gasteiger partial charge on any atom is 0.179 e. The van der Waals surface area contributed by atoms with Gasteiger partial charge in [-0.15, -0.1) is 0 Å². The molecule has 0 spiro atoms. The third kappa shape index (κ3) is 10.7. The van der Waals surface area contributed by atoms with Crippen molar-refractivity contribution in [2.75, 3.05) is 27.9 Å². The molecule has 3 heteroatoms. The maximum absolute atomic E-state index is 8.38. The van der Waals surface area contributed by atoms with Gasteiger partial charge in [0, 0.05) is 0 Å². The van der Waals surface area contributed by atoms with Gasteiger partial charge < -0.3 is 26.6 Å². The second-order valence-electron chi connectivity index (χ2n) is 2.43. The van der Waals surface area contributed by atoms with Crippen LogP contribution < -0.4 is 17.0 Å². The summed E-state index contributed by atoms with van der Waals surface area (Å²) in [5.41, 5.74) is 0. The van der Waals surface area contributed by atoms with E-state index in [1.54, 1.807) is 0 Å². The van der Waals surface area contributed by atoms with Gasteiger partial charge in [0.15, 0.2) is 6.73 Å². The van der Waals surface area contributed by atoms with Gasteiger partial charge in [-0.25, -0.2) is 0 Å². The fourth-order valence-corrected chi connectivity index (χ4v) is 0. The highest BCUT2D eigenvalue weighted by Crippen LogP contribution is 1.81. The Bertz CT molecular complexity index is 41.4. The van der Waals surface area contributed by atoms with Crippen molar-refractivity contribution >= 4 is 0 Å². The highest BCUT2D eigenvalue weighted by atomic mass is 79.9. The van der Waals surface area contributed by atoms with E-state index in [1.807, 2.05) is 21.1 Å². The van der Waals surface area contributed by atoms with Gasteiger partial charge in [0.2, 0.25) is 0 Å². The fraction of sp³-hybridized carbons (Fsp3) is 1.00. The van der Waals surface area contributed by atoms with Crippen molar-refractivity contribution in [1.82, 2.24) is 0 Å². The van der Waals surface area contributed by atoms with Gasteiger partial charge in [0.25, 0.3) is 0 Å². The largest absolute Gasteiger partial charge is 1.00 e. The average molecular weight is 170 g/mol. The summed E-state index contributed by atoms with van der Waals surface area (Å²) < 4.78 is 0.625. The molecule has 0 bridgehead atoms. The van der Waals surface area contributed by atoms with Crippen molar-refractivity contribution in [3.63, 3.8) is 0 Å². The molecule has 0 saturated carbocycles. The van der Waals surface area contributed by atoms with Crippen LogP contribution in [0.15, 0.2) is 0 Å². The highest BCUT2D eigenvalue weighted by Gasteiger charge is 1.99. The van der Waals surface area contributed by atoms with E-state index in [2.05, 4.69) is 0 Å². The van der Waals surface area contributed by atoms with Gasteiger partial charge in [-0.2, -0.15) is 0 Å². The number of halogens is 1. The summed E-state index contributed by atoms with van der Waals surface area (Å²) in [7, 11) is 5.79. The molecular formula is C4H12BrNO. The van der Waals surface area contributed by atoms with E-state index in [4.69, 9.17) is 5.11 Å². The number of nitrogens with zero attached hydrogens (tertiary/aromatic N) is 1. The van der Waals surface area contributed by atoms with E-state index < -0.39 is 0 Å². The van der Waals surface area contributed by atoms with Crippen LogP contribution in [0.4, 0.5) is 0 Å². The van der Waals surface area contributed by atoms with Crippen LogP contribution >= 0.6 is 0 Å². The quantitative estimate of drug-likeness (QED) is 0.322. The Morgan fingerprint density at radius 2 is 1.43 bits per heavy atom. The van der Waals surface area contributed by atoms with Gasteiger partial charge >= 0.3 is 0 Å². The first-order chi connectivity index (χ1) is 2.56. The molecule has 0 unspecified atom stereocenters. The van der Waals surface area contributed by atoms with Crippen molar-refractivity contribution in [3.05, 3.63) is 0 Å². The maximum atomic E-state index is 8.38. The molecule has 0 radical (unpaired) electrons. The van der Waals surface area contributed by atoms with Crippen molar-refractivity contribution in [1.29, 1.82) is 0 Å². The van der Waals surface area contributed by atoms with Crippen LogP contribution in [0.3, 0.4) is 0 Å². The monoisotopic (exact) mass is 169 g/mol. The Kier molecular flexibility index (Phi) is 5.06. The molecule has 0 aromatic carbocycles. The van der Waals surface area contributed by atoms with E-state index in [0.29, 0.717) is 4.48 Å². The lowest BCUT2D eigenvalue weighted by atomic mass is 10.7. The predicted molar refractivity (Wildman–Crippen MR) is 25.1 cm³/mol. The molecule has 46 valence electrons. The Balaban J connectivity index is 0. The van der Waals surface area contributed by atoms with Crippen molar-refractivity contribution < 1.29 is 26.6 Å². The van der Waals surface area contributed by atoms with Crippen LogP contribution in [0.2, 0.25) is 0 Å². The Morgan fingerprint density at radius 3 is 1.43 bits per heavy atom. The molecular weight excluding hydrogens is 158 g/mol. The summed E-state index contributed by atoms with van der Waals surface area (Å²) in [6, 6.07) is 0. The van der Waals surface area contributed by atoms with E-state index in [0.717, 1.165) is 0 Å². The van der Waals surface area contributed by atoms with Crippen LogP contribution in [0.5, 0.6) is 0 Å². The van der Waals surface area contributed by atoms with Crippen molar-refractivity contribution in [2.45, 2.75) is 0 Å². The molecule has 0 aliphatic rings. The van der Waals surface area contributed by atoms with Crippen molar-refractivity contribution in [2.24, 2.45) is 0 Å². The third-order valence-corrected chi connectivity index (χ3v) is 0.424. The molecule has 0 aliphatic carbocycles. The van der Waals surface area contributed by atoms with Gasteiger partial charge in [-0.3, -0.25) is 0 Å². The van der Waals surface area contributed by atoms with E-state index in [-0.39, 0.29) is 23.7 Å². The molecule has 0 fully saturated rings. The SMILES string of the molecule is C[N+](C)(C)CO.[Br-]. The molecule has 0 aliphatic heterocycles. The summed E-state index contributed by atoms with van der Waals surface area (Å²) in [5, 5.41) is 8.38. The summed E-state index contributed by atoms with van der Waals surface area (Å²) in [6.45, 7) is 0.208. The summed E-state index contributed by atoms with van der Waals surface area (Å²) >= 11 is 0. The number of aliphatic hydroxyl groups is 1. The standard InChI is InChI=1S/C4H12NO.BrH/c1-5(2,3)4-6;/h6H,4H2,1-3H3;1H/q+1;/p-1. The molecule has 1 N–H and O–H groups in total. The van der Waals surface area contributed by atoms with Crippen LogP contribution in [0, 0.1) is 0 Å². The topological polar surface area (TPSA) is 20.2 Å². The highest BCUT2D eigenvalue weighted by molar-refractivity contribution is 3.94. The lowest BCUT2D eigenvalue weighted by Gasteiger charge is -2.19. The zero-order valence-electron chi connectivity index (χ0n) is 4.98. The van der Waals surface area contributed by atoms with Crippen LogP contribution in [-0.4, -0.2) is 37.5 Å². The smallest absolute Gasteiger partial charge is 0.179 e. The molecule has 0 aromatic heterocycles. The summed E-state index contributed by atoms with van der Waals surface area (Å²) in [6.07, 6.45) is 0. The minimum atomic E-state index is 0. The van der Waals surface area contributed by atoms with Crippen LogP contribution in [0.25, 0.3) is 0 Å². The Morgan fingerprint density at radius 1 is 1.29 bits per heavy atom. The first-order valence-corrected chi connectivity index (χ1v) is 1.97. The van der Waals surface area contributed by atoms with Crippen molar-refractivity contribution in [3.8, 4) is 0 Å². The summed E-state index contributed by atoms with van der Waals surface area (Å²) in [4.78, 5) is 0. The normalized spacial score (nSPS) is 10.3. The second kappa shape index (κ2) is 3.41. The zero-order chi connectivity index (χ0) is 5.21. The van der Waals surface area contributed by atoms with Crippen LogP contribution in [-0.2, 0) is 0 Å². The van der Waals surface area contributed by atoms with Gasteiger partial charge in [-0.05, 0) is 0 Å². The van der Waals surface area contributed by atoms with E-state index in [1.165, 1.54) is 0 Å². The van der Waals surface area contributed by atoms with Gasteiger partial charge in [-0.1, -0.05) is 0 Å². The summed E-state index contributed by atoms with van der Waals surface area (Å²) in [5.74, 6) is 0. The molecule has 0 atom stereocenters. The number of hydrogen-bond donors (Lipinski definition) is 1. The Hall–Kier alpha value is 0.400. The molecule has 0 amide bonds. The van der Waals surface area contributed by atoms with E-state index >= 15 is 0 Å². The van der Waals surface area contributed by atoms with Gasteiger partial charge in [0.1, 0.15) is 0 Å². The Labute approximate surface area is 55.1 Å². The molecule has 0 heterocycles. The fourth-order valence-electron chi connectivity index (χ4n) is 0. The van der Waals surface area contributed by atoms with Crippen LogP contribution in [0.1, 0.15) is 0 Å². The van der Waals surface area contributed by atoms with Gasteiger partial charge in [0.05, 0.1) is 21.1 Å². The van der Waals surface area contributed by atoms with E-state index in [9.17, 15) is 0 Å². The second-order valence-corrected chi connectivity index (χ2v) is 2.43. The molecule has 0 saturated heterocycles. The third-order valence-electron chi connectivity index (χ3n) is 0.424. The number of hydrogen-bond acceptors (Lipinski definition) is 1. The zero-order valence-corrected chi connectivity index (χ0v) is 6.57. The molecule has 2 nitrogen and oxygen atoms in total. The number of rotatable bonds is 1. The molecule has 0 rings (SSSR count). The first kappa shape index (κ1) is 10.4. The minimum absolute atomic E-state index is 0. The average Bonchev–Trinajstić information content (AvgIpc) is 1.35. The predicted octanol–water partition coefficient (Wildman–Crippen LogP) is -3.35. The number of quaternary nitrogens is 1. The number of aliphatic hydroxyl groups excluding tert-OH is 1. The lowest BCUT2D eigenvalue weighted by Crippen LogP contribution is -3.00. The minimum Gasteiger partial charge on any atom is -1.00 e.